The van der Waals surface area contributed by atoms with E-state index in [-0.39, 0.29) is 23.4 Å². The molecular formula is C24H20F3N5O2. The van der Waals surface area contributed by atoms with E-state index in [1.807, 2.05) is 6.07 Å². The van der Waals surface area contributed by atoms with E-state index >= 15 is 0 Å². The predicted octanol–water partition coefficient (Wildman–Crippen LogP) is 4.51. The lowest BCUT2D eigenvalue weighted by Crippen LogP contribution is -2.41. The monoisotopic (exact) mass is 467 g/mol. The molecule has 34 heavy (non-hydrogen) atoms. The maximum atomic E-state index is 13.4. The van der Waals surface area contributed by atoms with E-state index in [1.165, 1.54) is 46.1 Å². The second kappa shape index (κ2) is 8.33. The molecule has 1 aliphatic heterocycles. The second-order valence-corrected chi connectivity index (χ2v) is 8.40. The van der Waals surface area contributed by atoms with Gasteiger partial charge in [-0.2, -0.15) is 23.5 Å². The van der Waals surface area contributed by atoms with Crippen molar-refractivity contribution in [3.8, 4) is 6.07 Å². The van der Waals surface area contributed by atoms with Crippen LogP contribution >= 0.6 is 0 Å². The van der Waals surface area contributed by atoms with Crippen LogP contribution in [0.3, 0.4) is 0 Å². The van der Waals surface area contributed by atoms with Gasteiger partial charge in [0, 0.05) is 17.9 Å². The normalized spacial score (nSPS) is 13.9. The Labute approximate surface area is 193 Å². The molecule has 2 amide bonds. The van der Waals surface area contributed by atoms with Gasteiger partial charge in [0.1, 0.15) is 5.69 Å². The van der Waals surface area contributed by atoms with Crippen LogP contribution in [-0.2, 0) is 12.0 Å². The number of rotatable bonds is 4. The average molecular weight is 467 g/mol. The van der Waals surface area contributed by atoms with Crippen LogP contribution in [0.2, 0.25) is 0 Å². The number of anilines is 2. The van der Waals surface area contributed by atoms with Crippen LogP contribution in [0.25, 0.3) is 0 Å². The first-order valence-corrected chi connectivity index (χ1v) is 10.4. The number of hydrogen-bond donors (Lipinski definition) is 1. The maximum Gasteiger partial charge on any atom is 0.397 e. The molecule has 0 spiro atoms. The van der Waals surface area contributed by atoms with Crippen LogP contribution in [0.15, 0.2) is 54.7 Å². The number of aromatic nitrogens is 2. The highest BCUT2D eigenvalue weighted by atomic mass is 19.4. The second-order valence-electron chi connectivity index (χ2n) is 8.40. The zero-order valence-electron chi connectivity index (χ0n) is 18.3. The molecule has 0 unspecified atom stereocenters. The van der Waals surface area contributed by atoms with E-state index in [4.69, 9.17) is 5.26 Å². The molecule has 3 aromatic rings. The number of nitrogens with zero attached hydrogens (tertiary/aromatic N) is 4. The Bertz CT molecular complexity index is 1300. The van der Waals surface area contributed by atoms with E-state index in [2.05, 4.69) is 10.4 Å². The van der Waals surface area contributed by atoms with Gasteiger partial charge < -0.3 is 10.2 Å². The minimum absolute atomic E-state index is 0.0619. The molecule has 4 rings (SSSR count). The van der Waals surface area contributed by atoms with Crippen LogP contribution in [0.4, 0.5) is 24.5 Å². The number of carbonyl (C=O) groups excluding carboxylic acids is 2. The van der Waals surface area contributed by atoms with Gasteiger partial charge in [0.05, 0.1) is 35.4 Å². The fourth-order valence-electron chi connectivity index (χ4n) is 3.70. The molecule has 0 bridgehead atoms. The van der Waals surface area contributed by atoms with Crippen LogP contribution in [0, 0.1) is 11.3 Å². The lowest BCUT2D eigenvalue weighted by molar-refractivity contribution is -0.180. The van der Waals surface area contributed by atoms with Crippen molar-refractivity contribution in [3.63, 3.8) is 0 Å². The molecule has 0 fully saturated rings. The van der Waals surface area contributed by atoms with Gasteiger partial charge in [0.15, 0.2) is 0 Å². The van der Waals surface area contributed by atoms with E-state index in [0.717, 1.165) is 13.8 Å². The number of hydrogen-bond acceptors (Lipinski definition) is 4. The number of halogens is 3. The summed E-state index contributed by atoms with van der Waals surface area (Å²) in [6, 6.07) is 14.0. The standard InChI is InChI=1S/C24H20F3N5O2/c1-23(2,24(25,26)27)16-6-8-18(9-7-16)31-10-11-32-20(22(31)34)19(14-29-32)21(33)30-17-5-3-4-15(12-17)13-28/h3-9,12,14H,10-11H2,1-2H3,(H,30,33). The van der Waals surface area contributed by atoms with Crippen LogP contribution in [0.5, 0.6) is 0 Å². The molecule has 0 saturated carbocycles. The van der Waals surface area contributed by atoms with Crippen molar-refractivity contribution in [1.29, 1.82) is 5.26 Å². The van der Waals surface area contributed by atoms with Gasteiger partial charge in [-0.3, -0.25) is 14.3 Å². The fraction of sp³-hybridized carbons (Fsp3) is 0.250. The van der Waals surface area contributed by atoms with Gasteiger partial charge in [-0.25, -0.2) is 0 Å². The Morgan fingerprint density at radius 2 is 1.82 bits per heavy atom. The molecule has 7 nitrogen and oxygen atoms in total. The van der Waals surface area contributed by atoms with Crippen LogP contribution in [-0.4, -0.2) is 34.3 Å². The SMILES string of the molecule is CC(C)(c1ccc(N2CCn3ncc(C(=O)Nc4cccc(C#N)c4)c3C2=O)cc1)C(F)(F)F. The third kappa shape index (κ3) is 4.01. The molecule has 1 aromatic heterocycles. The summed E-state index contributed by atoms with van der Waals surface area (Å²) in [6.45, 7) is 2.77. The van der Waals surface area contributed by atoms with Crippen molar-refractivity contribution in [2.45, 2.75) is 32.0 Å². The number of carbonyl (C=O) groups is 2. The number of alkyl halides is 3. The maximum absolute atomic E-state index is 13.4. The minimum Gasteiger partial charge on any atom is -0.322 e. The first kappa shape index (κ1) is 23.0. The average Bonchev–Trinajstić information content (AvgIpc) is 3.24. The van der Waals surface area contributed by atoms with Crippen molar-refractivity contribution in [3.05, 3.63) is 77.1 Å². The summed E-state index contributed by atoms with van der Waals surface area (Å²) in [4.78, 5) is 27.5. The molecule has 0 radical (unpaired) electrons. The van der Waals surface area contributed by atoms with E-state index in [9.17, 15) is 22.8 Å². The summed E-state index contributed by atoms with van der Waals surface area (Å²) in [6.07, 6.45) is -3.12. The van der Waals surface area contributed by atoms with E-state index in [0.29, 0.717) is 23.5 Å². The molecular weight excluding hydrogens is 447 g/mol. The van der Waals surface area contributed by atoms with Crippen molar-refractivity contribution in [2.75, 3.05) is 16.8 Å². The molecule has 10 heteroatoms. The number of nitrogens with one attached hydrogen (secondary N) is 1. The van der Waals surface area contributed by atoms with Crippen LogP contribution in [0.1, 0.15) is 45.8 Å². The first-order valence-electron chi connectivity index (χ1n) is 10.4. The van der Waals surface area contributed by atoms with Gasteiger partial charge in [-0.05, 0) is 49.7 Å². The Morgan fingerprint density at radius 3 is 2.47 bits per heavy atom. The molecule has 1 aliphatic rings. The summed E-state index contributed by atoms with van der Waals surface area (Å²) in [7, 11) is 0. The van der Waals surface area contributed by atoms with Gasteiger partial charge in [-0.1, -0.05) is 18.2 Å². The zero-order valence-corrected chi connectivity index (χ0v) is 18.3. The molecule has 174 valence electrons. The smallest absolute Gasteiger partial charge is 0.322 e. The minimum atomic E-state index is -4.42. The summed E-state index contributed by atoms with van der Waals surface area (Å²) in [5.41, 5.74) is -0.623. The highest BCUT2D eigenvalue weighted by Gasteiger charge is 2.48. The van der Waals surface area contributed by atoms with Crippen molar-refractivity contribution >= 4 is 23.2 Å². The number of amides is 2. The summed E-state index contributed by atoms with van der Waals surface area (Å²) < 4.78 is 41.5. The largest absolute Gasteiger partial charge is 0.397 e. The quantitative estimate of drug-likeness (QED) is 0.611. The lowest BCUT2D eigenvalue weighted by Gasteiger charge is -2.30. The number of fused-ring (bicyclic) bond motifs is 1. The lowest BCUT2D eigenvalue weighted by atomic mass is 9.84. The van der Waals surface area contributed by atoms with Crippen LogP contribution < -0.4 is 10.2 Å². The summed E-state index contributed by atoms with van der Waals surface area (Å²) in [5, 5.41) is 15.8. The molecule has 2 aromatic carbocycles. The third-order valence-corrected chi connectivity index (χ3v) is 5.93. The fourth-order valence-corrected chi connectivity index (χ4v) is 3.70. The summed E-state index contributed by atoms with van der Waals surface area (Å²) >= 11 is 0. The first-order chi connectivity index (χ1) is 16.0. The highest BCUT2D eigenvalue weighted by molar-refractivity contribution is 6.15. The number of nitriles is 1. The van der Waals surface area contributed by atoms with Gasteiger partial charge in [-0.15, -0.1) is 0 Å². The van der Waals surface area contributed by atoms with E-state index in [1.54, 1.807) is 18.2 Å². The van der Waals surface area contributed by atoms with E-state index < -0.39 is 23.4 Å². The van der Waals surface area contributed by atoms with Crippen molar-refractivity contribution < 1.29 is 22.8 Å². The highest BCUT2D eigenvalue weighted by Crippen LogP contribution is 2.41. The topological polar surface area (TPSA) is 91.0 Å². The zero-order chi connectivity index (χ0) is 24.7. The predicted molar refractivity (Wildman–Crippen MR) is 119 cm³/mol. The molecule has 1 N–H and O–H groups in total. The summed E-state index contributed by atoms with van der Waals surface area (Å²) in [5.74, 6) is -1.05. The Balaban J connectivity index is 1.59. The molecule has 0 saturated heterocycles. The molecule has 0 aliphatic carbocycles. The van der Waals surface area contributed by atoms with Gasteiger partial charge >= 0.3 is 6.18 Å². The Kier molecular flexibility index (Phi) is 5.65. The Morgan fingerprint density at radius 1 is 1.12 bits per heavy atom. The third-order valence-electron chi connectivity index (χ3n) is 5.93. The number of benzene rings is 2. The Hall–Kier alpha value is -4.13. The molecule has 0 atom stereocenters. The van der Waals surface area contributed by atoms with Gasteiger partial charge in [0.25, 0.3) is 11.8 Å². The van der Waals surface area contributed by atoms with Crippen molar-refractivity contribution in [1.82, 2.24) is 9.78 Å². The molecule has 2 heterocycles. The van der Waals surface area contributed by atoms with Gasteiger partial charge in [0.2, 0.25) is 0 Å². The van der Waals surface area contributed by atoms with Crippen molar-refractivity contribution in [2.24, 2.45) is 0 Å².